The molecular weight excluding hydrogens is 501 g/mol. The van der Waals surface area contributed by atoms with Crippen molar-refractivity contribution in [1.29, 1.82) is 0 Å². The number of hydrogen-bond acceptors (Lipinski definition) is 5. The average Bonchev–Trinajstić information content (AvgIpc) is 2.97. The number of carboxylic acid groups (broad SMARTS) is 1. The molecular formula is C22H23Cl2N5O6. The molecule has 4 N–H and O–H groups in total. The fraction of sp³-hybridized carbons (Fsp3) is 0.273. The minimum atomic E-state index is -1.32. The number of carbonyl (C=O) groups is 4. The van der Waals surface area contributed by atoms with E-state index >= 15 is 0 Å². The van der Waals surface area contributed by atoms with Gasteiger partial charge in [-0.25, -0.2) is 9.59 Å². The molecule has 0 radical (unpaired) electrons. The second kappa shape index (κ2) is 10.4. The maximum atomic E-state index is 13.5. The highest BCUT2D eigenvalue weighted by molar-refractivity contribution is 6.31. The lowest BCUT2D eigenvalue weighted by atomic mass is 9.99. The third-order valence-electron chi connectivity index (χ3n) is 5.35. The van der Waals surface area contributed by atoms with Gasteiger partial charge >= 0.3 is 18.0 Å². The van der Waals surface area contributed by atoms with Crippen molar-refractivity contribution in [3.8, 4) is 0 Å². The normalized spacial score (nSPS) is 16.7. The fourth-order valence-corrected chi connectivity index (χ4v) is 4.10. The molecule has 0 bridgehead atoms. The highest BCUT2D eigenvalue weighted by atomic mass is 35.5. The van der Waals surface area contributed by atoms with Crippen LogP contribution in [0.25, 0.3) is 0 Å². The van der Waals surface area contributed by atoms with E-state index in [-0.39, 0.29) is 5.69 Å². The minimum Gasteiger partial charge on any atom is -0.480 e. The van der Waals surface area contributed by atoms with Crippen molar-refractivity contribution in [2.24, 2.45) is 0 Å². The largest absolute Gasteiger partial charge is 0.480 e. The zero-order valence-electron chi connectivity index (χ0n) is 18.7. The maximum Gasteiger partial charge on any atom is 0.347 e. The van der Waals surface area contributed by atoms with Gasteiger partial charge in [-0.15, -0.1) is 0 Å². The molecule has 1 aliphatic heterocycles. The number of halogens is 2. The van der Waals surface area contributed by atoms with Crippen LogP contribution in [0.5, 0.6) is 0 Å². The number of nitrogens with one attached hydrogen (secondary N) is 2. The number of urea groups is 2. The number of benzene rings is 2. The van der Waals surface area contributed by atoms with E-state index in [0.29, 0.717) is 20.8 Å². The van der Waals surface area contributed by atoms with E-state index in [1.807, 2.05) is 0 Å². The van der Waals surface area contributed by atoms with Crippen LogP contribution in [0.4, 0.5) is 21.0 Å². The molecule has 2 aromatic rings. The van der Waals surface area contributed by atoms with Crippen molar-refractivity contribution in [2.75, 3.05) is 23.3 Å². The lowest BCUT2D eigenvalue weighted by molar-refractivity contribution is -0.138. The fourth-order valence-electron chi connectivity index (χ4n) is 3.73. The maximum absolute atomic E-state index is 13.5. The number of carboxylic acids is 1. The number of hydrogen-bond donors (Lipinski definition) is 4. The van der Waals surface area contributed by atoms with E-state index in [2.05, 4.69) is 10.6 Å². The summed E-state index contributed by atoms with van der Waals surface area (Å²) in [5.41, 5.74) is -0.744. The second-order valence-corrected chi connectivity index (χ2v) is 9.07. The zero-order chi connectivity index (χ0) is 25.9. The first-order chi connectivity index (χ1) is 16.4. The van der Waals surface area contributed by atoms with Crippen molar-refractivity contribution in [1.82, 2.24) is 15.3 Å². The molecule has 3 rings (SSSR count). The van der Waals surface area contributed by atoms with Crippen LogP contribution >= 0.6 is 23.2 Å². The molecule has 1 atom stereocenters. The van der Waals surface area contributed by atoms with Crippen molar-refractivity contribution in [3.63, 3.8) is 0 Å². The van der Waals surface area contributed by atoms with Crippen molar-refractivity contribution < 1.29 is 29.5 Å². The summed E-state index contributed by atoms with van der Waals surface area (Å²) < 4.78 is 0. The summed E-state index contributed by atoms with van der Waals surface area (Å²) in [5.74, 6) is -1.98. The van der Waals surface area contributed by atoms with Gasteiger partial charge in [-0.05, 0) is 50.2 Å². The first-order valence-corrected chi connectivity index (χ1v) is 11.1. The smallest absolute Gasteiger partial charge is 0.347 e. The van der Waals surface area contributed by atoms with Crippen molar-refractivity contribution in [3.05, 3.63) is 58.6 Å². The van der Waals surface area contributed by atoms with Crippen LogP contribution in [0.1, 0.15) is 13.8 Å². The number of carbonyl (C=O) groups excluding carboxylic acids is 3. The zero-order valence-corrected chi connectivity index (χ0v) is 20.2. The van der Waals surface area contributed by atoms with Gasteiger partial charge in [0.15, 0.2) is 6.17 Å². The molecule has 2 aromatic carbocycles. The number of rotatable bonds is 7. The monoisotopic (exact) mass is 523 g/mol. The summed E-state index contributed by atoms with van der Waals surface area (Å²) in [6.45, 7) is 1.97. The highest BCUT2D eigenvalue weighted by Gasteiger charge is 2.56. The van der Waals surface area contributed by atoms with Crippen LogP contribution < -0.4 is 15.5 Å². The SMILES string of the molecule is CC1(C)[C@H](N(O)C(=O)Nc2cccc(Cl)c2)N(c2cccc(Cl)c2)C(=O)N1CC(=O)NCC(=O)O. The number of hydroxylamine groups is 2. The quantitative estimate of drug-likeness (QED) is 0.323. The van der Waals surface area contributed by atoms with Crippen LogP contribution in [0, 0.1) is 0 Å². The lowest BCUT2D eigenvalue weighted by Gasteiger charge is -2.38. The van der Waals surface area contributed by atoms with Crippen molar-refractivity contribution in [2.45, 2.75) is 25.6 Å². The molecule has 1 fully saturated rings. The standard InChI is InChI=1S/C22H23Cl2N5O6/c1-22(2)19(29(35)20(33)26-15-7-3-5-13(23)9-15)28(16-8-4-6-14(24)10-16)21(34)27(22)12-17(30)25-11-18(31)32/h3-10,19,35H,11-12H2,1-2H3,(H,25,30)(H,26,33)(H,31,32)/t19-/m0/s1. The molecule has 1 saturated heterocycles. The van der Waals surface area contributed by atoms with Gasteiger partial charge in [0.25, 0.3) is 0 Å². The molecule has 0 spiro atoms. The first-order valence-electron chi connectivity index (χ1n) is 10.3. The van der Waals surface area contributed by atoms with Gasteiger partial charge in [-0.3, -0.25) is 19.7 Å². The van der Waals surface area contributed by atoms with Gasteiger partial charge in [0.2, 0.25) is 5.91 Å². The molecule has 13 heteroatoms. The molecule has 11 nitrogen and oxygen atoms in total. The van der Waals surface area contributed by atoms with Gasteiger partial charge in [-0.2, -0.15) is 5.06 Å². The van der Waals surface area contributed by atoms with Crippen LogP contribution in [0.2, 0.25) is 10.0 Å². The van der Waals surface area contributed by atoms with Crippen LogP contribution in [-0.2, 0) is 9.59 Å². The molecule has 0 aliphatic carbocycles. The van der Waals surface area contributed by atoms with Gasteiger partial charge in [0, 0.05) is 21.4 Å². The number of anilines is 2. The summed E-state index contributed by atoms with van der Waals surface area (Å²) in [6.07, 6.45) is -1.31. The summed E-state index contributed by atoms with van der Waals surface area (Å²) >= 11 is 12.1. The van der Waals surface area contributed by atoms with Crippen LogP contribution in [0.15, 0.2) is 48.5 Å². The van der Waals surface area contributed by atoms with Gasteiger partial charge in [0.05, 0.1) is 5.54 Å². The molecule has 1 heterocycles. The summed E-state index contributed by atoms with van der Waals surface area (Å²) in [6, 6.07) is 10.8. The van der Waals surface area contributed by atoms with Crippen LogP contribution in [0.3, 0.4) is 0 Å². The molecule has 0 unspecified atom stereocenters. The Balaban J connectivity index is 1.95. The van der Waals surface area contributed by atoms with E-state index < -0.39 is 48.7 Å². The minimum absolute atomic E-state index is 0.267. The van der Waals surface area contributed by atoms with Gasteiger partial charge < -0.3 is 20.6 Å². The van der Waals surface area contributed by atoms with E-state index in [9.17, 15) is 24.4 Å². The van der Waals surface area contributed by atoms with E-state index in [4.69, 9.17) is 28.3 Å². The molecule has 5 amide bonds. The summed E-state index contributed by atoms with van der Waals surface area (Å²) in [4.78, 5) is 51.8. The van der Waals surface area contributed by atoms with E-state index in [1.54, 1.807) is 50.2 Å². The number of amides is 5. The Kier molecular flexibility index (Phi) is 7.73. The highest BCUT2D eigenvalue weighted by Crippen LogP contribution is 2.38. The Morgan fingerprint density at radius 1 is 1.09 bits per heavy atom. The summed E-state index contributed by atoms with van der Waals surface area (Å²) in [5, 5.41) is 25.5. The Morgan fingerprint density at radius 2 is 1.71 bits per heavy atom. The van der Waals surface area contributed by atoms with Gasteiger partial charge in [-0.1, -0.05) is 35.3 Å². The second-order valence-electron chi connectivity index (χ2n) is 8.20. The third kappa shape index (κ3) is 5.76. The molecule has 186 valence electrons. The molecule has 1 aliphatic rings. The summed E-state index contributed by atoms with van der Waals surface area (Å²) in [7, 11) is 0. The van der Waals surface area contributed by atoms with Crippen molar-refractivity contribution >= 4 is 58.5 Å². The number of nitrogens with zero attached hydrogens (tertiary/aromatic N) is 3. The predicted octanol–water partition coefficient (Wildman–Crippen LogP) is 3.46. The molecule has 35 heavy (non-hydrogen) atoms. The Hall–Kier alpha value is -3.54. The number of aliphatic carboxylic acids is 1. The van der Waals surface area contributed by atoms with Gasteiger partial charge in [0.1, 0.15) is 13.1 Å². The van der Waals surface area contributed by atoms with E-state index in [1.165, 1.54) is 12.1 Å². The Labute approximate surface area is 210 Å². The first kappa shape index (κ1) is 26.1. The predicted molar refractivity (Wildman–Crippen MR) is 129 cm³/mol. The topological polar surface area (TPSA) is 143 Å². The average molecular weight is 524 g/mol. The molecule has 0 saturated carbocycles. The van der Waals surface area contributed by atoms with E-state index in [0.717, 1.165) is 9.80 Å². The Bertz CT molecular complexity index is 1160. The molecule has 0 aromatic heterocycles. The van der Waals surface area contributed by atoms with Crippen LogP contribution in [-0.4, -0.2) is 69.0 Å². The lowest BCUT2D eigenvalue weighted by Crippen LogP contribution is -2.58. The Morgan fingerprint density at radius 3 is 2.31 bits per heavy atom. The third-order valence-corrected chi connectivity index (χ3v) is 5.82.